The molecule has 118 valence electrons. The van der Waals surface area contributed by atoms with Gasteiger partial charge in [0.05, 0.1) is 13.7 Å². The molecule has 0 aliphatic heterocycles. The molecule has 0 bridgehead atoms. The van der Waals surface area contributed by atoms with Gasteiger partial charge in [-0.15, -0.1) is 0 Å². The third-order valence-corrected chi connectivity index (χ3v) is 2.98. The zero-order valence-electron chi connectivity index (χ0n) is 12.9. The quantitative estimate of drug-likeness (QED) is 0.610. The molecule has 0 saturated heterocycles. The van der Waals surface area contributed by atoms with Crippen molar-refractivity contribution in [1.82, 2.24) is 5.43 Å². The van der Waals surface area contributed by atoms with Crippen LogP contribution in [-0.4, -0.2) is 25.8 Å². The van der Waals surface area contributed by atoms with Gasteiger partial charge in [-0.25, -0.2) is 5.43 Å². The Morgan fingerprint density at radius 3 is 2.57 bits per heavy atom. The van der Waals surface area contributed by atoms with Gasteiger partial charge in [-0.1, -0.05) is 36.4 Å². The summed E-state index contributed by atoms with van der Waals surface area (Å²) in [6.07, 6.45) is 5.22. The minimum Gasteiger partial charge on any atom is -0.497 e. The number of ether oxygens (including phenoxy) is 1. The largest absolute Gasteiger partial charge is 0.497 e. The molecule has 0 atom stereocenters. The second kappa shape index (κ2) is 9.04. The van der Waals surface area contributed by atoms with Crippen LogP contribution in [0.15, 0.2) is 65.8 Å². The molecule has 0 unspecified atom stereocenters. The van der Waals surface area contributed by atoms with Gasteiger partial charge in [0, 0.05) is 11.9 Å². The molecule has 1 amide bonds. The molecule has 0 aromatic heterocycles. The van der Waals surface area contributed by atoms with E-state index in [1.807, 2.05) is 60.7 Å². The Bertz CT molecular complexity index is 664. The van der Waals surface area contributed by atoms with Crippen molar-refractivity contribution in [2.75, 3.05) is 19.0 Å². The van der Waals surface area contributed by atoms with E-state index in [2.05, 4.69) is 15.8 Å². The number of carbonyl (C=O) groups is 1. The average Bonchev–Trinajstić information content (AvgIpc) is 2.61. The molecular formula is C18H19N3O2. The summed E-state index contributed by atoms with van der Waals surface area (Å²) in [7, 11) is 1.61. The van der Waals surface area contributed by atoms with E-state index in [9.17, 15) is 4.79 Å². The molecule has 5 heteroatoms. The number of rotatable bonds is 7. The summed E-state index contributed by atoms with van der Waals surface area (Å²) >= 11 is 0. The third-order valence-electron chi connectivity index (χ3n) is 2.98. The molecule has 0 heterocycles. The number of methoxy groups -OCH3 is 1. The molecule has 0 spiro atoms. The lowest BCUT2D eigenvalue weighted by atomic mass is 10.2. The molecule has 2 rings (SSSR count). The van der Waals surface area contributed by atoms with Gasteiger partial charge < -0.3 is 10.1 Å². The van der Waals surface area contributed by atoms with E-state index < -0.39 is 0 Å². The highest BCUT2D eigenvalue weighted by molar-refractivity contribution is 5.83. The van der Waals surface area contributed by atoms with Crippen LogP contribution in [0.5, 0.6) is 5.75 Å². The first-order valence-electron chi connectivity index (χ1n) is 7.19. The molecule has 2 aromatic carbocycles. The van der Waals surface area contributed by atoms with Gasteiger partial charge in [-0.3, -0.25) is 4.79 Å². The van der Waals surface area contributed by atoms with Crippen LogP contribution in [0.2, 0.25) is 0 Å². The van der Waals surface area contributed by atoms with Crippen molar-refractivity contribution in [2.24, 2.45) is 5.10 Å². The van der Waals surface area contributed by atoms with Crippen LogP contribution >= 0.6 is 0 Å². The van der Waals surface area contributed by atoms with Gasteiger partial charge in [0.2, 0.25) is 0 Å². The van der Waals surface area contributed by atoms with Crippen molar-refractivity contribution in [3.05, 3.63) is 66.2 Å². The van der Waals surface area contributed by atoms with Gasteiger partial charge in [-0.05, 0) is 35.9 Å². The van der Waals surface area contributed by atoms with Gasteiger partial charge in [0.1, 0.15) is 5.75 Å². The highest BCUT2D eigenvalue weighted by Crippen LogP contribution is 2.14. The summed E-state index contributed by atoms with van der Waals surface area (Å²) in [5.41, 5.74) is 4.37. The summed E-state index contributed by atoms with van der Waals surface area (Å²) in [5, 5.41) is 6.86. The van der Waals surface area contributed by atoms with E-state index >= 15 is 0 Å². The van der Waals surface area contributed by atoms with Crippen LogP contribution in [0.4, 0.5) is 5.69 Å². The van der Waals surface area contributed by atoms with Gasteiger partial charge >= 0.3 is 0 Å². The Morgan fingerprint density at radius 2 is 1.87 bits per heavy atom. The minimum atomic E-state index is -0.217. The summed E-state index contributed by atoms with van der Waals surface area (Å²) in [4.78, 5) is 11.6. The fourth-order valence-electron chi connectivity index (χ4n) is 1.80. The number of nitrogens with zero attached hydrogens (tertiary/aromatic N) is 1. The Labute approximate surface area is 135 Å². The first kappa shape index (κ1) is 16.3. The Balaban J connectivity index is 1.70. The minimum absolute atomic E-state index is 0.145. The first-order chi connectivity index (χ1) is 11.3. The standard InChI is InChI=1S/C18H19N3O2/c1-23-17-11-9-16(10-12-17)19-14-18(22)21-20-13-5-8-15-6-3-2-4-7-15/h2-13,19H,14H2,1H3,(H,21,22)/b8-5-,20-13-. The van der Waals surface area contributed by atoms with Crippen LogP contribution in [0.25, 0.3) is 6.08 Å². The molecule has 0 aliphatic rings. The second-order valence-electron chi connectivity index (χ2n) is 4.67. The number of hydrogen-bond acceptors (Lipinski definition) is 4. The molecule has 2 N–H and O–H groups in total. The lowest BCUT2D eigenvalue weighted by Crippen LogP contribution is -2.25. The number of anilines is 1. The highest BCUT2D eigenvalue weighted by atomic mass is 16.5. The van der Waals surface area contributed by atoms with Gasteiger partial charge in [0.15, 0.2) is 0 Å². The van der Waals surface area contributed by atoms with Gasteiger partial charge in [-0.2, -0.15) is 5.10 Å². The molecule has 0 saturated carbocycles. The van der Waals surface area contributed by atoms with Crippen LogP contribution in [0, 0.1) is 0 Å². The number of nitrogens with one attached hydrogen (secondary N) is 2. The van der Waals surface area contributed by atoms with E-state index in [0.717, 1.165) is 17.0 Å². The summed E-state index contributed by atoms with van der Waals surface area (Å²) < 4.78 is 5.07. The maximum Gasteiger partial charge on any atom is 0.259 e. The second-order valence-corrected chi connectivity index (χ2v) is 4.67. The van der Waals surface area contributed by atoms with Crippen molar-refractivity contribution in [3.63, 3.8) is 0 Å². The van der Waals surface area contributed by atoms with Crippen LogP contribution < -0.4 is 15.5 Å². The van der Waals surface area contributed by atoms with Crippen LogP contribution in [0.3, 0.4) is 0 Å². The molecule has 23 heavy (non-hydrogen) atoms. The van der Waals surface area contributed by atoms with E-state index in [4.69, 9.17) is 4.74 Å². The maximum atomic E-state index is 11.6. The van der Waals surface area contributed by atoms with Crippen LogP contribution in [0.1, 0.15) is 5.56 Å². The van der Waals surface area contributed by atoms with E-state index in [0.29, 0.717) is 0 Å². The summed E-state index contributed by atoms with van der Waals surface area (Å²) in [6.45, 7) is 0.145. The van der Waals surface area contributed by atoms with E-state index in [-0.39, 0.29) is 12.5 Å². The van der Waals surface area contributed by atoms with Crippen molar-refractivity contribution in [1.29, 1.82) is 0 Å². The molecule has 5 nitrogen and oxygen atoms in total. The normalized spacial score (nSPS) is 10.8. The van der Waals surface area contributed by atoms with E-state index in [1.54, 1.807) is 13.2 Å². The van der Waals surface area contributed by atoms with Crippen molar-refractivity contribution in [3.8, 4) is 5.75 Å². The maximum absolute atomic E-state index is 11.6. The zero-order valence-corrected chi connectivity index (χ0v) is 12.9. The summed E-state index contributed by atoms with van der Waals surface area (Å²) in [6, 6.07) is 17.2. The van der Waals surface area contributed by atoms with E-state index in [1.165, 1.54) is 6.21 Å². The van der Waals surface area contributed by atoms with Crippen LogP contribution in [-0.2, 0) is 4.79 Å². The molecule has 0 fully saturated rings. The number of benzene rings is 2. The Hall–Kier alpha value is -3.08. The SMILES string of the molecule is COc1ccc(NCC(=O)N/N=C\C=C/c2ccccc2)cc1. The van der Waals surface area contributed by atoms with Crippen molar-refractivity contribution in [2.45, 2.75) is 0 Å². The fourth-order valence-corrected chi connectivity index (χ4v) is 1.80. The van der Waals surface area contributed by atoms with Gasteiger partial charge in [0.25, 0.3) is 5.91 Å². The molecule has 2 aromatic rings. The smallest absolute Gasteiger partial charge is 0.259 e. The molecule has 0 aliphatic carbocycles. The van der Waals surface area contributed by atoms with Crippen molar-refractivity contribution >= 4 is 23.9 Å². The number of hydrogen-bond donors (Lipinski definition) is 2. The van der Waals surface area contributed by atoms with Crippen molar-refractivity contribution < 1.29 is 9.53 Å². The highest BCUT2D eigenvalue weighted by Gasteiger charge is 1.99. The molecular weight excluding hydrogens is 290 g/mol. The zero-order chi connectivity index (χ0) is 16.3. The lowest BCUT2D eigenvalue weighted by Gasteiger charge is -2.06. The lowest BCUT2D eigenvalue weighted by molar-refractivity contribution is -0.119. The molecule has 0 radical (unpaired) electrons. The number of hydrazone groups is 1. The Morgan fingerprint density at radius 1 is 1.13 bits per heavy atom. The predicted molar refractivity (Wildman–Crippen MR) is 93.6 cm³/mol. The fraction of sp³-hybridized carbons (Fsp3) is 0.111. The Kier molecular flexibility index (Phi) is 6.41. The average molecular weight is 309 g/mol. The number of carbonyl (C=O) groups excluding carboxylic acids is 1. The predicted octanol–water partition coefficient (Wildman–Crippen LogP) is 2.92. The number of allylic oxidation sites excluding steroid dienone is 1. The first-order valence-corrected chi connectivity index (χ1v) is 7.19. The monoisotopic (exact) mass is 309 g/mol. The third kappa shape index (κ3) is 6.05. The summed E-state index contributed by atoms with van der Waals surface area (Å²) in [5.74, 6) is 0.556. The number of amides is 1. The topological polar surface area (TPSA) is 62.7 Å².